The van der Waals surface area contributed by atoms with Gasteiger partial charge in [0.2, 0.25) is 0 Å². The van der Waals surface area contributed by atoms with Gasteiger partial charge in [-0.05, 0) is 103 Å². The zero-order chi connectivity index (χ0) is 38.9. The van der Waals surface area contributed by atoms with Crippen LogP contribution in [0.5, 0.6) is 0 Å². The molecule has 11 aromatic rings. The Balaban J connectivity index is 1.17. The predicted octanol–water partition coefficient (Wildman–Crippen LogP) is 15.3. The van der Waals surface area contributed by atoms with Crippen molar-refractivity contribution in [1.29, 1.82) is 0 Å². The number of aromatic nitrogens is 2. The second kappa shape index (κ2) is 13.6. The van der Waals surface area contributed by atoms with Gasteiger partial charge in [0.1, 0.15) is 0 Å². The molecular formula is C54H36N4S. The maximum absolute atomic E-state index is 2.43. The molecule has 0 fully saturated rings. The van der Waals surface area contributed by atoms with Gasteiger partial charge >= 0.3 is 0 Å². The molecule has 1 aliphatic rings. The van der Waals surface area contributed by atoms with E-state index in [1.54, 1.807) is 0 Å². The van der Waals surface area contributed by atoms with Crippen molar-refractivity contribution >= 4 is 89.5 Å². The maximum Gasteiger partial charge on any atom is 0.0541 e. The molecule has 6 bridgehead atoms. The van der Waals surface area contributed by atoms with E-state index in [1.807, 2.05) is 11.8 Å². The highest BCUT2D eigenvalue weighted by Crippen LogP contribution is 2.47. The Morgan fingerprint density at radius 3 is 0.932 bits per heavy atom. The molecule has 0 radical (unpaired) electrons. The summed E-state index contributed by atoms with van der Waals surface area (Å²) in [6.45, 7) is 0. The minimum Gasteiger partial charge on any atom is -0.310 e. The molecule has 2 aromatic heterocycles. The second-order valence-electron chi connectivity index (χ2n) is 15.1. The standard InChI is InChI=1S/C54H36N4S/c1-3-16-37(17-4-1)55-39-20-15-21-40(30-39)56(38-18-5-2-6-19-38)42-32-44(58-53-28-13-9-24-49(53)50-25-10-14-29-54(50)58)36-46(34-42)59-45-33-41(55)31-43(35-45)57-51-26-11-7-22-47(51)48-23-8-12-27-52(48)57/h1-36H. The van der Waals surface area contributed by atoms with Crippen LogP contribution in [0.3, 0.4) is 0 Å². The van der Waals surface area contributed by atoms with Gasteiger partial charge in [0.25, 0.3) is 0 Å². The highest BCUT2D eigenvalue weighted by atomic mass is 32.2. The summed E-state index contributed by atoms with van der Waals surface area (Å²) in [7, 11) is 0. The van der Waals surface area contributed by atoms with Crippen LogP contribution in [0.2, 0.25) is 0 Å². The molecular weight excluding hydrogens is 737 g/mol. The fourth-order valence-electron chi connectivity index (χ4n) is 9.13. The van der Waals surface area contributed by atoms with Gasteiger partial charge in [-0.1, -0.05) is 127 Å². The third-order valence-corrected chi connectivity index (χ3v) is 12.5. The fourth-order valence-corrected chi connectivity index (χ4v) is 10.1. The lowest BCUT2D eigenvalue weighted by Crippen LogP contribution is -2.14. The van der Waals surface area contributed by atoms with Gasteiger partial charge in [-0.3, -0.25) is 0 Å². The van der Waals surface area contributed by atoms with E-state index in [0.717, 1.165) is 55.3 Å². The van der Waals surface area contributed by atoms with Gasteiger partial charge in [0.15, 0.2) is 0 Å². The Labute approximate surface area is 346 Å². The maximum atomic E-state index is 2.43. The van der Waals surface area contributed by atoms with E-state index < -0.39 is 0 Å². The van der Waals surface area contributed by atoms with Gasteiger partial charge in [0, 0.05) is 76.8 Å². The van der Waals surface area contributed by atoms with Crippen molar-refractivity contribution < 1.29 is 0 Å². The first-order valence-corrected chi connectivity index (χ1v) is 20.8. The normalized spacial score (nSPS) is 12.6. The Bertz CT molecular complexity index is 3060. The van der Waals surface area contributed by atoms with Crippen LogP contribution in [0.1, 0.15) is 0 Å². The fraction of sp³-hybridized carbons (Fsp3) is 0. The van der Waals surface area contributed by atoms with E-state index in [0.29, 0.717) is 0 Å². The van der Waals surface area contributed by atoms with E-state index in [2.05, 4.69) is 237 Å². The lowest BCUT2D eigenvalue weighted by atomic mass is 10.1. The third kappa shape index (κ3) is 5.54. The molecule has 0 amide bonds. The van der Waals surface area contributed by atoms with E-state index in [9.17, 15) is 0 Å². The average Bonchev–Trinajstić information content (AvgIpc) is 3.80. The number of rotatable bonds is 4. The molecule has 1 aliphatic heterocycles. The van der Waals surface area contributed by atoms with Crippen molar-refractivity contribution in [2.24, 2.45) is 0 Å². The molecule has 0 unspecified atom stereocenters. The van der Waals surface area contributed by atoms with Crippen LogP contribution < -0.4 is 9.80 Å². The van der Waals surface area contributed by atoms with E-state index in [4.69, 9.17) is 0 Å². The van der Waals surface area contributed by atoms with Gasteiger partial charge in [-0.15, -0.1) is 0 Å². The summed E-state index contributed by atoms with van der Waals surface area (Å²) in [5, 5.41) is 4.98. The van der Waals surface area contributed by atoms with Crippen molar-refractivity contribution in [3.63, 3.8) is 0 Å². The van der Waals surface area contributed by atoms with Crippen molar-refractivity contribution in [2.45, 2.75) is 9.79 Å². The summed E-state index contributed by atoms with van der Waals surface area (Å²) in [6, 6.07) is 79.6. The number of para-hydroxylation sites is 6. The van der Waals surface area contributed by atoms with Crippen LogP contribution in [-0.2, 0) is 0 Å². The Morgan fingerprint density at radius 1 is 0.237 bits per heavy atom. The summed E-state index contributed by atoms with van der Waals surface area (Å²) < 4.78 is 4.86. The third-order valence-electron chi connectivity index (χ3n) is 11.6. The molecule has 278 valence electrons. The Hall–Kier alpha value is -7.47. The molecule has 0 atom stereocenters. The first kappa shape index (κ1) is 33.6. The highest BCUT2D eigenvalue weighted by molar-refractivity contribution is 7.99. The predicted molar refractivity (Wildman–Crippen MR) is 249 cm³/mol. The number of fused-ring (bicyclic) bond motifs is 12. The summed E-state index contributed by atoms with van der Waals surface area (Å²) in [6.07, 6.45) is 0. The lowest BCUT2D eigenvalue weighted by Gasteiger charge is -2.31. The Kier molecular flexibility index (Phi) is 7.75. The largest absolute Gasteiger partial charge is 0.310 e. The molecule has 9 aromatic carbocycles. The molecule has 12 rings (SSSR count). The summed E-state index contributed by atoms with van der Waals surface area (Å²) >= 11 is 1.81. The van der Waals surface area contributed by atoms with E-state index in [1.165, 1.54) is 43.6 Å². The molecule has 59 heavy (non-hydrogen) atoms. The highest BCUT2D eigenvalue weighted by Gasteiger charge is 2.23. The van der Waals surface area contributed by atoms with Crippen LogP contribution in [0.15, 0.2) is 228 Å². The van der Waals surface area contributed by atoms with Crippen LogP contribution in [-0.4, -0.2) is 9.13 Å². The molecule has 0 N–H and O–H groups in total. The zero-order valence-electron chi connectivity index (χ0n) is 32.0. The topological polar surface area (TPSA) is 16.3 Å². The molecule has 0 spiro atoms. The molecule has 4 nitrogen and oxygen atoms in total. The van der Waals surface area contributed by atoms with Gasteiger partial charge in [0.05, 0.1) is 22.1 Å². The lowest BCUT2D eigenvalue weighted by molar-refractivity contribution is 1.14. The van der Waals surface area contributed by atoms with E-state index in [-0.39, 0.29) is 0 Å². The minimum absolute atomic E-state index is 1.07. The SMILES string of the molecule is c1ccc(N2c3cccc(c3)N(c3ccccc3)c3cc(cc(-n4c5ccccc5c5ccccc54)c3)Sc3cc2cc(-n2c4ccccc4c4ccccc42)c3)cc1. The smallest absolute Gasteiger partial charge is 0.0541 e. The quantitative estimate of drug-likeness (QED) is 0.177. The van der Waals surface area contributed by atoms with Crippen molar-refractivity contribution in [3.05, 3.63) is 218 Å². The summed E-state index contributed by atoms with van der Waals surface area (Å²) in [5.74, 6) is 0. The van der Waals surface area contributed by atoms with Crippen molar-refractivity contribution in [2.75, 3.05) is 9.80 Å². The summed E-state index contributed by atoms with van der Waals surface area (Å²) in [4.78, 5) is 7.09. The second-order valence-corrected chi connectivity index (χ2v) is 16.2. The zero-order valence-corrected chi connectivity index (χ0v) is 32.8. The first-order valence-electron chi connectivity index (χ1n) is 20.0. The van der Waals surface area contributed by atoms with Gasteiger partial charge in [-0.25, -0.2) is 0 Å². The summed E-state index contributed by atoms with van der Waals surface area (Å²) in [5.41, 5.74) is 13.5. The van der Waals surface area contributed by atoms with Crippen LogP contribution in [0.25, 0.3) is 55.0 Å². The van der Waals surface area contributed by atoms with Crippen LogP contribution in [0, 0.1) is 0 Å². The molecule has 0 aliphatic carbocycles. The number of hydrogen-bond donors (Lipinski definition) is 0. The first-order chi connectivity index (χ1) is 29.2. The Morgan fingerprint density at radius 2 is 0.542 bits per heavy atom. The number of benzene rings is 9. The van der Waals surface area contributed by atoms with Crippen molar-refractivity contribution in [1.82, 2.24) is 9.13 Å². The average molecular weight is 773 g/mol. The van der Waals surface area contributed by atoms with Crippen molar-refractivity contribution in [3.8, 4) is 11.4 Å². The molecule has 5 heteroatoms. The monoisotopic (exact) mass is 772 g/mol. The molecule has 3 heterocycles. The van der Waals surface area contributed by atoms with Crippen LogP contribution >= 0.6 is 11.8 Å². The number of hydrogen-bond acceptors (Lipinski definition) is 3. The van der Waals surface area contributed by atoms with E-state index >= 15 is 0 Å². The van der Waals surface area contributed by atoms with Crippen LogP contribution in [0.4, 0.5) is 34.1 Å². The molecule has 0 saturated carbocycles. The van der Waals surface area contributed by atoms with Gasteiger partial charge in [-0.2, -0.15) is 0 Å². The minimum atomic E-state index is 1.07. The number of anilines is 6. The number of nitrogens with zero attached hydrogens (tertiary/aromatic N) is 4. The molecule has 0 saturated heterocycles. The van der Waals surface area contributed by atoms with Gasteiger partial charge < -0.3 is 18.9 Å².